The van der Waals surface area contributed by atoms with Crippen LogP contribution < -0.4 is 10.1 Å². The highest BCUT2D eigenvalue weighted by Gasteiger charge is 2.33. The van der Waals surface area contributed by atoms with Gasteiger partial charge in [0.2, 0.25) is 15.9 Å². The number of rotatable bonds is 6. The third-order valence-electron chi connectivity index (χ3n) is 4.18. The Labute approximate surface area is 143 Å². The van der Waals surface area contributed by atoms with Crippen LogP contribution >= 0.6 is 0 Å². The first-order valence-corrected chi connectivity index (χ1v) is 9.37. The molecule has 1 fully saturated rings. The molecule has 1 N–H and O–H groups in total. The van der Waals surface area contributed by atoms with E-state index in [1.54, 1.807) is 38.3 Å². The van der Waals surface area contributed by atoms with E-state index in [0.717, 1.165) is 5.56 Å². The molecule has 0 aliphatic carbocycles. The third kappa shape index (κ3) is 3.96. The number of amides is 1. The van der Waals surface area contributed by atoms with Gasteiger partial charge in [0, 0.05) is 19.6 Å². The normalized spacial score (nSPS) is 18.8. The highest BCUT2D eigenvalue weighted by atomic mass is 32.2. The number of carbonyl (C=O) groups is 1. The number of sulfonamides is 1. The molecule has 7 heteroatoms. The minimum absolute atomic E-state index is 0.124. The first-order valence-electron chi connectivity index (χ1n) is 7.93. The van der Waals surface area contributed by atoms with Crippen molar-refractivity contribution in [3.05, 3.63) is 36.4 Å². The molecule has 1 saturated heterocycles. The molecule has 132 valence electrons. The van der Waals surface area contributed by atoms with E-state index in [1.807, 2.05) is 0 Å². The van der Waals surface area contributed by atoms with Gasteiger partial charge in [-0.15, -0.1) is 6.58 Å². The van der Waals surface area contributed by atoms with Crippen molar-refractivity contribution in [1.29, 1.82) is 0 Å². The van der Waals surface area contributed by atoms with Gasteiger partial charge in [-0.2, -0.15) is 4.31 Å². The van der Waals surface area contributed by atoms with Crippen molar-refractivity contribution in [2.75, 3.05) is 26.7 Å². The van der Waals surface area contributed by atoms with Crippen molar-refractivity contribution in [2.24, 2.45) is 5.92 Å². The van der Waals surface area contributed by atoms with Crippen molar-refractivity contribution in [1.82, 2.24) is 9.62 Å². The van der Waals surface area contributed by atoms with E-state index >= 15 is 0 Å². The number of carbonyl (C=O) groups excluding carboxylic acids is 1. The van der Waals surface area contributed by atoms with E-state index in [-0.39, 0.29) is 23.3 Å². The second-order valence-corrected chi connectivity index (χ2v) is 7.81. The van der Waals surface area contributed by atoms with Crippen LogP contribution in [0.15, 0.2) is 35.7 Å². The maximum absolute atomic E-state index is 12.9. The lowest BCUT2D eigenvalue weighted by Gasteiger charge is -2.31. The summed E-state index contributed by atoms with van der Waals surface area (Å²) in [5.74, 6) is 0.197. The molecule has 0 aromatic heterocycles. The Morgan fingerprint density at radius 2 is 2.25 bits per heavy atom. The highest BCUT2D eigenvalue weighted by Crippen LogP contribution is 2.27. The summed E-state index contributed by atoms with van der Waals surface area (Å²) in [6.45, 7) is 6.39. The lowest BCUT2D eigenvalue weighted by molar-refractivity contribution is -0.125. The molecule has 0 unspecified atom stereocenters. The van der Waals surface area contributed by atoms with Crippen LogP contribution in [0.3, 0.4) is 0 Å². The fourth-order valence-electron chi connectivity index (χ4n) is 2.85. The van der Waals surface area contributed by atoms with E-state index < -0.39 is 10.0 Å². The topological polar surface area (TPSA) is 75.7 Å². The Bertz CT molecular complexity index is 715. The van der Waals surface area contributed by atoms with Gasteiger partial charge in [-0.1, -0.05) is 6.08 Å². The Balaban J connectivity index is 2.18. The Hall–Kier alpha value is -1.86. The van der Waals surface area contributed by atoms with Crippen LogP contribution in [0.4, 0.5) is 0 Å². The van der Waals surface area contributed by atoms with Gasteiger partial charge in [-0.25, -0.2) is 8.42 Å². The number of benzene rings is 1. The summed E-state index contributed by atoms with van der Waals surface area (Å²) < 4.78 is 32.3. The van der Waals surface area contributed by atoms with E-state index in [4.69, 9.17) is 4.74 Å². The van der Waals surface area contributed by atoms with Gasteiger partial charge in [-0.05, 0) is 43.5 Å². The Morgan fingerprint density at radius 1 is 1.50 bits per heavy atom. The van der Waals surface area contributed by atoms with Gasteiger partial charge in [0.05, 0.1) is 17.9 Å². The molecule has 2 rings (SSSR count). The standard InChI is InChI=1S/C17H24N2O4S/c1-4-9-18-17(20)14-6-5-10-19(12-14)24(21,22)15-7-8-16(23-3)13(2)11-15/h4,7-8,11,14H,1,5-6,9-10,12H2,2-3H3,(H,18,20)/t14-/m1/s1. The molecule has 0 spiro atoms. The summed E-state index contributed by atoms with van der Waals surface area (Å²) >= 11 is 0. The van der Waals surface area contributed by atoms with E-state index in [9.17, 15) is 13.2 Å². The van der Waals surface area contributed by atoms with Gasteiger partial charge in [0.15, 0.2) is 0 Å². The number of hydrogen-bond donors (Lipinski definition) is 1. The lowest BCUT2D eigenvalue weighted by atomic mass is 9.99. The molecule has 1 aliphatic heterocycles. The number of ether oxygens (including phenoxy) is 1. The summed E-state index contributed by atoms with van der Waals surface area (Å²) in [4.78, 5) is 12.3. The van der Waals surface area contributed by atoms with Crippen LogP contribution in [0.25, 0.3) is 0 Å². The largest absolute Gasteiger partial charge is 0.496 e. The van der Waals surface area contributed by atoms with Gasteiger partial charge in [0.1, 0.15) is 5.75 Å². The van der Waals surface area contributed by atoms with Crippen LogP contribution in [-0.4, -0.2) is 45.4 Å². The predicted molar refractivity (Wildman–Crippen MR) is 92.4 cm³/mol. The van der Waals surface area contributed by atoms with Crippen LogP contribution in [0.2, 0.25) is 0 Å². The summed E-state index contributed by atoms with van der Waals surface area (Å²) in [5, 5.41) is 2.74. The quantitative estimate of drug-likeness (QED) is 0.791. The van der Waals surface area contributed by atoms with Crippen molar-refractivity contribution in [3.8, 4) is 5.75 Å². The molecule has 24 heavy (non-hydrogen) atoms. The summed E-state index contributed by atoms with van der Waals surface area (Å²) in [5.41, 5.74) is 0.760. The molecular weight excluding hydrogens is 328 g/mol. The molecule has 1 amide bonds. The Kier molecular flexibility index (Phi) is 6.01. The molecule has 0 bridgehead atoms. The van der Waals surface area contributed by atoms with Crippen LogP contribution in [0.1, 0.15) is 18.4 Å². The average Bonchev–Trinajstić information content (AvgIpc) is 2.59. The smallest absolute Gasteiger partial charge is 0.243 e. The maximum Gasteiger partial charge on any atom is 0.243 e. The molecule has 0 saturated carbocycles. The zero-order valence-electron chi connectivity index (χ0n) is 14.1. The second-order valence-electron chi connectivity index (χ2n) is 5.87. The zero-order valence-corrected chi connectivity index (χ0v) is 14.9. The number of methoxy groups -OCH3 is 1. The third-order valence-corrected chi connectivity index (χ3v) is 6.04. The lowest BCUT2D eigenvalue weighted by Crippen LogP contribution is -2.45. The highest BCUT2D eigenvalue weighted by molar-refractivity contribution is 7.89. The first kappa shape index (κ1) is 18.5. The molecule has 1 atom stereocenters. The summed E-state index contributed by atoms with van der Waals surface area (Å²) in [6, 6.07) is 4.80. The molecule has 1 aliphatic rings. The minimum Gasteiger partial charge on any atom is -0.496 e. The van der Waals surface area contributed by atoms with Gasteiger partial charge in [0.25, 0.3) is 0 Å². The predicted octanol–water partition coefficient (Wildman–Crippen LogP) is 1.71. The SMILES string of the molecule is C=CCNC(=O)[C@@H]1CCCN(S(=O)(=O)c2ccc(OC)c(C)c2)C1. The zero-order chi connectivity index (χ0) is 17.7. The van der Waals surface area contributed by atoms with Crippen molar-refractivity contribution in [2.45, 2.75) is 24.7 Å². The number of nitrogens with one attached hydrogen (secondary N) is 1. The van der Waals surface area contributed by atoms with Crippen molar-refractivity contribution >= 4 is 15.9 Å². The summed E-state index contributed by atoms with van der Waals surface area (Å²) in [7, 11) is -2.07. The average molecular weight is 352 g/mol. The first-order chi connectivity index (χ1) is 11.4. The van der Waals surface area contributed by atoms with Crippen LogP contribution in [-0.2, 0) is 14.8 Å². The molecule has 1 heterocycles. The number of hydrogen-bond acceptors (Lipinski definition) is 4. The molecule has 1 aromatic carbocycles. The number of aryl methyl sites for hydroxylation is 1. The van der Waals surface area contributed by atoms with Crippen molar-refractivity contribution < 1.29 is 17.9 Å². The van der Waals surface area contributed by atoms with Crippen molar-refractivity contribution in [3.63, 3.8) is 0 Å². The monoisotopic (exact) mass is 352 g/mol. The number of piperidine rings is 1. The van der Waals surface area contributed by atoms with E-state index in [2.05, 4.69) is 11.9 Å². The van der Waals surface area contributed by atoms with Crippen LogP contribution in [0, 0.1) is 12.8 Å². The second kappa shape index (κ2) is 7.81. The van der Waals surface area contributed by atoms with E-state index in [1.165, 1.54) is 4.31 Å². The molecular formula is C17H24N2O4S. The fraction of sp³-hybridized carbons (Fsp3) is 0.471. The van der Waals surface area contributed by atoms with Crippen LogP contribution in [0.5, 0.6) is 5.75 Å². The Morgan fingerprint density at radius 3 is 2.88 bits per heavy atom. The molecule has 0 radical (unpaired) electrons. The van der Waals surface area contributed by atoms with Gasteiger partial charge >= 0.3 is 0 Å². The van der Waals surface area contributed by atoms with Gasteiger partial charge < -0.3 is 10.1 Å². The molecule has 1 aromatic rings. The van der Waals surface area contributed by atoms with Gasteiger partial charge in [-0.3, -0.25) is 4.79 Å². The maximum atomic E-state index is 12.9. The minimum atomic E-state index is -3.62. The number of nitrogens with zero attached hydrogens (tertiary/aromatic N) is 1. The fourth-order valence-corrected chi connectivity index (χ4v) is 4.46. The van der Waals surface area contributed by atoms with E-state index in [0.29, 0.717) is 31.7 Å². The summed E-state index contributed by atoms with van der Waals surface area (Å²) in [6.07, 6.45) is 2.96. The molecule has 6 nitrogen and oxygen atoms in total.